The number of benzene rings is 2. The standard InChI is InChI=1S/C27H26BrN3O7S/c1-6-37-26(33)22-15(4)29-27-30(23(22)17-9-7-8-10-20(17)38-14(2)3)25(32)21(39-27)13-16-11-18(28)24(36-5)19(12-16)31(34)35/h7-14,23H,6H2,1-5H3/b21-13+/t23-/m0/s1. The first-order chi connectivity index (χ1) is 18.6. The molecule has 2 heterocycles. The Morgan fingerprint density at radius 3 is 2.67 bits per heavy atom. The summed E-state index contributed by atoms with van der Waals surface area (Å²) in [5.41, 5.74) is 1.03. The summed E-state index contributed by atoms with van der Waals surface area (Å²) in [6.45, 7) is 7.35. The molecule has 1 aromatic heterocycles. The normalized spacial score (nSPS) is 15.2. The summed E-state index contributed by atoms with van der Waals surface area (Å²) < 4.78 is 18.7. The third-order valence-corrected chi connectivity index (χ3v) is 7.41. The van der Waals surface area contributed by atoms with E-state index < -0.39 is 22.5 Å². The Balaban J connectivity index is 1.99. The van der Waals surface area contributed by atoms with E-state index in [-0.39, 0.29) is 34.3 Å². The molecule has 2 aromatic carbocycles. The Morgan fingerprint density at radius 2 is 2.03 bits per heavy atom. The van der Waals surface area contributed by atoms with Gasteiger partial charge in [0.05, 0.1) is 45.0 Å². The highest BCUT2D eigenvalue weighted by molar-refractivity contribution is 9.10. The summed E-state index contributed by atoms with van der Waals surface area (Å²) >= 11 is 4.43. The second kappa shape index (κ2) is 11.5. The van der Waals surface area contributed by atoms with E-state index in [0.717, 1.165) is 11.3 Å². The van der Waals surface area contributed by atoms with Crippen LogP contribution in [0.25, 0.3) is 6.08 Å². The SMILES string of the molecule is CCOC(=O)C1=C(C)N=c2s/c(=C/c3cc(Br)c(OC)c([N+](=O)[O-])c3)c(=O)n2[C@H]1c1ccccc1OC(C)C. The van der Waals surface area contributed by atoms with Crippen molar-refractivity contribution in [3.63, 3.8) is 0 Å². The molecule has 0 bridgehead atoms. The lowest BCUT2D eigenvalue weighted by Gasteiger charge is -2.26. The minimum atomic E-state index is -0.852. The van der Waals surface area contributed by atoms with Crippen LogP contribution in [0, 0.1) is 10.1 Å². The number of esters is 1. The first-order valence-electron chi connectivity index (χ1n) is 12.0. The highest BCUT2D eigenvalue weighted by Crippen LogP contribution is 2.37. The second-order valence-corrected chi connectivity index (χ2v) is 10.7. The molecule has 0 saturated heterocycles. The molecule has 4 rings (SSSR count). The van der Waals surface area contributed by atoms with Crippen LogP contribution in [0.3, 0.4) is 0 Å². The first-order valence-corrected chi connectivity index (χ1v) is 13.6. The number of nitrogens with zero attached hydrogens (tertiary/aromatic N) is 3. The quantitative estimate of drug-likeness (QED) is 0.211. The molecule has 0 aliphatic carbocycles. The lowest BCUT2D eigenvalue weighted by atomic mass is 9.95. The van der Waals surface area contributed by atoms with Crippen molar-refractivity contribution in [3.05, 3.63) is 93.1 Å². The second-order valence-electron chi connectivity index (χ2n) is 8.82. The monoisotopic (exact) mass is 615 g/mol. The molecule has 1 atom stereocenters. The molecule has 0 saturated carbocycles. The molecule has 39 heavy (non-hydrogen) atoms. The number of aromatic nitrogens is 1. The number of para-hydroxylation sites is 1. The molecular weight excluding hydrogens is 590 g/mol. The maximum absolute atomic E-state index is 13.9. The highest BCUT2D eigenvalue weighted by atomic mass is 79.9. The maximum Gasteiger partial charge on any atom is 0.338 e. The average Bonchev–Trinajstić information content (AvgIpc) is 3.17. The lowest BCUT2D eigenvalue weighted by Crippen LogP contribution is -2.40. The fourth-order valence-corrected chi connectivity index (χ4v) is 6.00. The van der Waals surface area contributed by atoms with Gasteiger partial charge in [-0.05, 0) is 67.4 Å². The van der Waals surface area contributed by atoms with E-state index in [0.29, 0.717) is 31.8 Å². The van der Waals surface area contributed by atoms with Crippen LogP contribution in [0.2, 0.25) is 0 Å². The minimum Gasteiger partial charge on any atom is -0.491 e. The molecular formula is C27H26BrN3O7S. The number of allylic oxidation sites excluding steroid dienone is 1. The predicted molar refractivity (Wildman–Crippen MR) is 150 cm³/mol. The summed E-state index contributed by atoms with van der Waals surface area (Å²) in [6, 6.07) is 9.33. The van der Waals surface area contributed by atoms with E-state index in [1.807, 2.05) is 26.0 Å². The first kappa shape index (κ1) is 28.2. The third-order valence-electron chi connectivity index (χ3n) is 5.84. The van der Waals surface area contributed by atoms with Crippen molar-refractivity contribution >= 4 is 45.0 Å². The molecule has 0 N–H and O–H groups in total. The van der Waals surface area contributed by atoms with Crippen LogP contribution in [-0.4, -0.2) is 35.3 Å². The zero-order valence-corrected chi connectivity index (χ0v) is 24.3. The Bertz CT molecular complexity index is 1670. The minimum absolute atomic E-state index is 0.0788. The third kappa shape index (κ3) is 5.52. The van der Waals surface area contributed by atoms with Crippen molar-refractivity contribution in [2.45, 2.75) is 39.8 Å². The fraction of sp³-hybridized carbons (Fsp3) is 0.296. The molecule has 1 aliphatic rings. The smallest absolute Gasteiger partial charge is 0.338 e. The summed E-state index contributed by atoms with van der Waals surface area (Å²) in [6.07, 6.45) is 1.40. The van der Waals surface area contributed by atoms with Gasteiger partial charge >= 0.3 is 11.7 Å². The largest absolute Gasteiger partial charge is 0.491 e. The van der Waals surface area contributed by atoms with Gasteiger partial charge in [-0.2, -0.15) is 0 Å². The molecule has 0 amide bonds. The van der Waals surface area contributed by atoms with Gasteiger partial charge in [-0.3, -0.25) is 19.5 Å². The number of thiazole rings is 1. The van der Waals surface area contributed by atoms with Crippen LogP contribution in [0.4, 0.5) is 5.69 Å². The van der Waals surface area contributed by atoms with Gasteiger partial charge in [0.2, 0.25) is 5.75 Å². The molecule has 204 valence electrons. The predicted octanol–water partition coefficient (Wildman–Crippen LogP) is 4.26. The van der Waals surface area contributed by atoms with Gasteiger partial charge in [-0.25, -0.2) is 9.79 Å². The number of halogens is 1. The summed E-state index contributed by atoms with van der Waals surface area (Å²) in [5, 5.41) is 11.6. The van der Waals surface area contributed by atoms with Crippen LogP contribution < -0.4 is 24.4 Å². The Hall–Kier alpha value is -3.77. The van der Waals surface area contributed by atoms with Gasteiger partial charge < -0.3 is 14.2 Å². The Kier molecular flexibility index (Phi) is 8.36. The Labute approximate surface area is 236 Å². The fourth-order valence-electron chi connectivity index (χ4n) is 4.33. The molecule has 0 unspecified atom stereocenters. The van der Waals surface area contributed by atoms with Crippen LogP contribution >= 0.6 is 27.3 Å². The number of carbonyl (C=O) groups excluding carboxylic acids is 1. The topological polar surface area (TPSA) is 122 Å². The summed E-state index contributed by atoms with van der Waals surface area (Å²) in [4.78, 5) is 43.1. The van der Waals surface area contributed by atoms with Crippen molar-refractivity contribution < 1.29 is 23.9 Å². The van der Waals surface area contributed by atoms with Crippen molar-refractivity contribution in [2.75, 3.05) is 13.7 Å². The van der Waals surface area contributed by atoms with Gasteiger partial charge in [0.25, 0.3) is 5.56 Å². The average molecular weight is 616 g/mol. The van der Waals surface area contributed by atoms with Gasteiger partial charge in [0.15, 0.2) is 4.80 Å². The molecule has 10 nitrogen and oxygen atoms in total. The number of nitro benzene ring substituents is 1. The number of rotatable bonds is 8. The molecule has 0 spiro atoms. The zero-order valence-electron chi connectivity index (χ0n) is 21.9. The number of ether oxygens (including phenoxy) is 3. The van der Waals surface area contributed by atoms with Gasteiger partial charge in [0, 0.05) is 11.6 Å². The van der Waals surface area contributed by atoms with E-state index in [9.17, 15) is 19.7 Å². The Morgan fingerprint density at radius 1 is 1.31 bits per heavy atom. The number of hydrogen-bond acceptors (Lipinski definition) is 9. The number of hydrogen-bond donors (Lipinski definition) is 0. The van der Waals surface area contributed by atoms with Gasteiger partial charge in [-0.1, -0.05) is 29.5 Å². The number of nitro groups is 1. The van der Waals surface area contributed by atoms with Crippen molar-refractivity contribution in [1.82, 2.24) is 4.57 Å². The van der Waals surface area contributed by atoms with Crippen molar-refractivity contribution in [1.29, 1.82) is 0 Å². The van der Waals surface area contributed by atoms with E-state index in [1.54, 1.807) is 38.1 Å². The molecule has 1 aliphatic heterocycles. The van der Waals surface area contributed by atoms with Crippen LogP contribution in [0.5, 0.6) is 11.5 Å². The summed E-state index contributed by atoms with van der Waals surface area (Å²) in [5.74, 6) is 0.0282. The number of fused-ring (bicyclic) bond motifs is 1. The zero-order chi connectivity index (χ0) is 28.4. The van der Waals surface area contributed by atoms with Gasteiger partial charge in [0.1, 0.15) is 11.8 Å². The van der Waals surface area contributed by atoms with Crippen molar-refractivity contribution in [2.24, 2.45) is 4.99 Å². The van der Waals surface area contributed by atoms with Crippen LogP contribution in [0.1, 0.15) is 44.9 Å². The lowest BCUT2D eigenvalue weighted by molar-refractivity contribution is -0.385. The molecule has 3 aromatic rings. The highest BCUT2D eigenvalue weighted by Gasteiger charge is 2.35. The molecule has 0 fully saturated rings. The number of carbonyl (C=O) groups is 1. The molecule has 12 heteroatoms. The van der Waals surface area contributed by atoms with Crippen molar-refractivity contribution in [3.8, 4) is 11.5 Å². The van der Waals surface area contributed by atoms with E-state index in [1.165, 1.54) is 17.7 Å². The summed E-state index contributed by atoms with van der Waals surface area (Å²) in [7, 11) is 1.34. The number of methoxy groups -OCH3 is 1. The van der Waals surface area contributed by atoms with E-state index in [4.69, 9.17) is 14.2 Å². The van der Waals surface area contributed by atoms with Crippen LogP contribution in [0.15, 0.2) is 61.9 Å². The van der Waals surface area contributed by atoms with Gasteiger partial charge in [-0.15, -0.1) is 0 Å². The maximum atomic E-state index is 13.9. The van der Waals surface area contributed by atoms with Crippen LogP contribution in [-0.2, 0) is 9.53 Å². The van der Waals surface area contributed by atoms with E-state index >= 15 is 0 Å². The molecule has 0 radical (unpaired) electrons. The van der Waals surface area contributed by atoms with E-state index in [2.05, 4.69) is 20.9 Å².